The zero-order valence-corrected chi connectivity index (χ0v) is 19.8. The Morgan fingerprint density at radius 1 is 1.09 bits per heavy atom. The highest BCUT2D eigenvalue weighted by molar-refractivity contribution is 6.32. The first kappa shape index (κ1) is 22.9. The molecule has 2 heterocycles. The lowest BCUT2D eigenvalue weighted by atomic mass is 9.91. The minimum absolute atomic E-state index is 0.190. The zero-order chi connectivity index (χ0) is 23.9. The van der Waals surface area contributed by atoms with Crippen molar-refractivity contribution in [2.75, 3.05) is 44.4 Å². The van der Waals surface area contributed by atoms with Crippen LogP contribution in [-0.4, -0.2) is 75.5 Å². The molecule has 1 aliphatic carbocycles. The first-order valence-corrected chi connectivity index (χ1v) is 12.0. The zero-order valence-electron chi connectivity index (χ0n) is 19.8. The second-order valence-electron chi connectivity index (χ2n) is 9.94. The molecule has 2 aromatic carbocycles. The smallest absolute Gasteiger partial charge is 0.322 e. The summed E-state index contributed by atoms with van der Waals surface area (Å²) in [6.45, 7) is 2.47. The van der Waals surface area contributed by atoms with Crippen LogP contribution in [0.3, 0.4) is 0 Å². The van der Waals surface area contributed by atoms with Crippen molar-refractivity contribution in [3.63, 3.8) is 0 Å². The fraction of sp³-hybridized carbons (Fsp3) is 0.462. The van der Waals surface area contributed by atoms with Gasteiger partial charge in [0.2, 0.25) is 5.91 Å². The minimum atomic E-state index is -0.613. The number of hydrogen-bond acceptors (Lipinski definition) is 4. The second-order valence-corrected chi connectivity index (χ2v) is 9.94. The van der Waals surface area contributed by atoms with Crippen LogP contribution >= 0.6 is 0 Å². The summed E-state index contributed by atoms with van der Waals surface area (Å²) in [7, 11) is 9.53. The lowest BCUT2D eigenvalue weighted by Crippen LogP contribution is -2.45. The number of urea groups is 1. The van der Waals surface area contributed by atoms with Gasteiger partial charge in [-0.3, -0.25) is 4.79 Å². The van der Waals surface area contributed by atoms with E-state index in [0.29, 0.717) is 24.1 Å². The molecule has 2 aliphatic heterocycles. The van der Waals surface area contributed by atoms with Crippen LogP contribution < -0.4 is 16.1 Å². The van der Waals surface area contributed by atoms with Gasteiger partial charge in [-0.05, 0) is 61.7 Å². The standard InChI is InChI=1S/C26H31BN4O3/c1-30-12-9-17-13-20(7-8-22(17)26(16-30)10-11-26)28-24(32)23-14-21(34-2)15-31(23)25(33)29-19-5-3-18(27)4-6-19/h3-8,13,21,23H,9-12,14-16H2,1-2H3,(H,28,32)(H,29,33)/t21?,23-/m1/s1. The van der Waals surface area contributed by atoms with Crippen molar-refractivity contribution < 1.29 is 14.3 Å². The average Bonchev–Trinajstić information content (AvgIpc) is 3.48. The maximum Gasteiger partial charge on any atom is 0.322 e. The van der Waals surface area contributed by atoms with Crippen LogP contribution in [0.2, 0.25) is 0 Å². The molecule has 2 radical (unpaired) electrons. The van der Waals surface area contributed by atoms with Crippen molar-refractivity contribution in [1.29, 1.82) is 0 Å². The van der Waals surface area contributed by atoms with Crippen LogP contribution in [0.25, 0.3) is 0 Å². The molecule has 2 fully saturated rings. The Morgan fingerprint density at radius 2 is 1.82 bits per heavy atom. The number of hydrogen-bond donors (Lipinski definition) is 2. The fourth-order valence-electron chi connectivity index (χ4n) is 5.39. The summed E-state index contributed by atoms with van der Waals surface area (Å²) < 4.78 is 5.49. The first-order chi connectivity index (χ1) is 16.4. The Balaban J connectivity index is 1.31. The third-order valence-corrected chi connectivity index (χ3v) is 7.45. The van der Waals surface area contributed by atoms with Gasteiger partial charge in [0.1, 0.15) is 13.9 Å². The second kappa shape index (κ2) is 9.08. The van der Waals surface area contributed by atoms with Gasteiger partial charge in [-0.1, -0.05) is 23.7 Å². The van der Waals surface area contributed by atoms with Gasteiger partial charge >= 0.3 is 6.03 Å². The Bertz CT molecular complexity index is 1090. The van der Waals surface area contributed by atoms with Crippen LogP contribution in [0, 0.1) is 0 Å². The van der Waals surface area contributed by atoms with E-state index in [-0.39, 0.29) is 23.5 Å². The summed E-state index contributed by atoms with van der Waals surface area (Å²) in [5.41, 5.74) is 5.07. The van der Waals surface area contributed by atoms with Crippen LogP contribution in [0.15, 0.2) is 42.5 Å². The van der Waals surface area contributed by atoms with Crippen molar-refractivity contribution in [3.8, 4) is 0 Å². The van der Waals surface area contributed by atoms with Gasteiger partial charge in [-0.25, -0.2) is 4.79 Å². The van der Waals surface area contributed by atoms with Crippen molar-refractivity contribution in [2.24, 2.45) is 0 Å². The summed E-state index contributed by atoms with van der Waals surface area (Å²) in [6, 6.07) is 12.3. The highest BCUT2D eigenvalue weighted by Gasteiger charge is 2.47. The molecule has 34 heavy (non-hydrogen) atoms. The van der Waals surface area contributed by atoms with E-state index in [1.165, 1.54) is 24.0 Å². The molecule has 1 unspecified atom stereocenters. The molecule has 5 rings (SSSR count). The van der Waals surface area contributed by atoms with E-state index >= 15 is 0 Å². The van der Waals surface area contributed by atoms with E-state index in [0.717, 1.165) is 25.2 Å². The van der Waals surface area contributed by atoms with Crippen LogP contribution in [0.4, 0.5) is 16.2 Å². The summed E-state index contributed by atoms with van der Waals surface area (Å²) in [6.07, 6.45) is 3.70. The number of ether oxygens (including phenoxy) is 1. The number of methoxy groups -OCH3 is 1. The summed E-state index contributed by atoms with van der Waals surface area (Å²) in [5, 5.41) is 5.93. The van der Waals surface area contributed by atoms with E-state index in [9.17, 15) is 9.59 Å². The topological polar surface area (TPSA) is 73.9 Å². The lowest BCUT2D eigenvalue weighted by molar-refractivity contribution is -0.119. The largest absolute Gasteiger partial charge is 0.380 e. The number of carbonyl (C=O) groups is 2. The lowest BCUT2D eigenvalue weighted by Gasteiger charge is -2.24. The predicted octanol–water partition coefficient (Wildman–Crippen LogP) is 2.26. The predicted molar refractivity (Wildman–Crippen MR) is 134 cm³/mol. The van der Waals surface area contributed by atoms with Crippen molar-refractivity contribution in [3.05, 3.63) is 53.6 Å². The average molecular weight is 458 g/mol. The van der Waals surface area contributed by atoms with Crippen LogP contribution in [0.5, 0.6) is 0 Å². The monoisotopic (exact) mass is 458 g/mol. The summed E-state index contributed by atoms with van der Waals surface area (Å²) in [5.74, 6) is -0.196. The number of nitrogens with zero attached hydrogens (tertiary/aromatic N) is 2. The molecular weight excluding hydrogens is 427 g/mol. The number of amides is 3. The van der Waals surface area contributed by atoms with Gasteiger partial charge in [0.25, 0.3) is 0 Å². The molecule has 3 amide bonds. The fourth-order valence-corrected chi connectivity index (χ4v) is 5.39. The number of likely N-dealkylation sites (tertiary alicyclic amines) is 1. The molecule has 1 spiro atoms. The summed E-state index contributed by atoms with van der Waals surface area (Å²) in [4.78, 5) is 30.3. The molecule has 8 heteroatoms. The molecule has 0 bridgehead atoms. The molecule has 176 valence electrons. The highest BCUT2D eigenvalue weighted by atomic mass is 16.5. The van der Waals surface area contributed by atoms with E-state index in [2.05, 4.69) is 34.7 Å². The Hall–Kier alpha value is -2.84. The number of benzene rings is 2. The van der Waals surface area contributed by atoms with E-state index in [1.807, 2.05) is 6.07 Å². The van der Waals surface area contributed by atoms with Crippen LogP contribution in [-0.2, 0) is 21.4 Å². The third kappa shape index (κ3) is 4.57. The quantitative estimate of drug-likeness (QED) is 0.690. The van der Waals surface area contributed by atoms with Crippen LogP contribution in [0.1, 0.15) is 30.4 Å². The molecule has 2 atom stereocenters. The number of nitrogens with one attached hydrogen (secondary N) is 2. The number of carbonyl (C=O) groups excluding carboxylic acids is 2. The van der Waals surface area contributed by atoms with Crippen molar-refractivity contribution in [2.45, 2.75) is 43.2 Å². The number of anilines is 2. The molecule has 0 aromatic heterocycles. The van der Waals surface area contributed by atoms with E-state index in [1.54, 1.807) is 36.3 Å². The van der Waals surface area contributed by atoms with Gasteiger partial charge in [0, 0.05) is 50.0 Å². The maximum absolute atomic E-state index is 13.3. The first-order valence-electron chi connectivity index (χ1n) is 12.0. The molecule has 1 saturated carbocycles. The van der Waals surface area contributed by atoms with Crippen molar-refractivity contribution in [1.82, 2.24) is 9.80 Å². The van der Waals surface area contributed by atoms with E-state index < -0.39 is 6.04 Å². The number of fused-ring (bicyclic) bond motifs is 2. The Kier molecular flexibility index (Phi) is 6.12. The molecule has 7 nitrogen and oxygen atoms in total. The molecule has 2 aromatic rings. The van der Waals surface area contributed by atoms with Gasteiger partial charge < -0.3 is 25.2 Å². The molecule has 3 aliphatic rings. The maximum atomic E-state index is 13.3. The number of rotatable bonds is 4. The normalized spacial score (nSPS) is 23.3. The Labute approximate surface area is 202 Å². The van der Waals surface area contributed by atoms with Gasteiger partial charge in [0.05, 0.1) is 6.10 Å². The van der Waals surface area contributed by atoms with Gasteiger partial charge in [-0.2, -0.15) is 0 Å². The molecule has 1 saturated heterocycles. The van der Waals surface area contributed by atoms with E-state index in [4.69, 9.17) is 12.6 Å². The SMILES string of the molecule is [B]c1ccc(NC(=O)N2CC(OC)C[C@@H]2C(=O)Nc2ccc3c(c2)CCN(C)CC32CC2)cc1. The molecular formula is C26H31BN4O3. The number of likely N-dealkylation sites (N-methyl/N-ethyl adjacent to an activating group) is 1. The summed E-state index contributed by atoms with van der Waals surface area (Å²) >= 11 is 0. The molecule has 2 N–H and O–H groups in total. The highest BCUT2D eigenvalue weighted by Crippen LogP contribution is 2.51. The van der Waals surface area contributed by atoms with Gasteiger partial charge in [-0.15, -0.1) is 0 Å². The third-order valence-electron chi connectivity index (χ3n) is 7.45. The Morgan fingerprint density at radius 3 is 2.53 bits per heavy atom. The van der Waals surface area contributed by atoms with Crippen molar-refractivity contribution >= 4 is 36.6 Å². The minimum Gasteiger partial charge on any atom is -0.380 e. The van der Waals surface area contributed by atoms with Gasteiger partial charge in [0.15, 0.2) is 0 Å².